The summed E-state index contributed by atoms with van der Waals surface area (Å²) in [6.45, 7) is 12.7. The quantitative estimate of drug-likeness (QED) is 0.577. The van der Waals surface area contributed by atoms with Gasteiger partial charge in [0.25, 0.3) is 0 Å². The van der Waals surface area contributed by atoms with E-state index in [-0.39, 0.29) is 24.9 Å². The average molecular weight is 438 g/mol. The molecule has 1 aliphatic heterocycles. The van der Waals surface area contributed by atoms with Crippen LogP contribution < -0.4 is 5.32 Å². The summed E-state index contributed by atoms with van der Waals surface area (Å²) in [7, 11) is 0.101. The zero-order chi connectivity index (χ0) is 22.0. The average Bonchev–Trinajstić information content (AvgIpc) is 3.26. The molecule has 3 heterocycles. The van der Waals surface area contributed by atoms with Crippen LogP contribution >= 0.6 is 0 Å². The Bertz CT molecular complexity index is 823. The van der Waals surface area contributed by atoms with Gasteiger partial charge >= 0.3 is 0 Å². The van der Waals surface area contributed by atoms with Gasteiger partial charge in [-0.2, -0.15) is 0 Å². The molecule has 0 bridgehead atoms. The number of rotatable bonds is 9. The van der Waals surface area contributed by atoms with Crippen molar-refractivity contribution in [3.63, 3.8) is 0 Å². The summed E-state index contributed by atoms with van der Waals surface area (Å²) in [5.41, 5.74) is 2.25. The Hall–Kier alpha value is -1.59. The first-order chi connectivity index (χ1) is 14.3. The van der Waals surface area contributed by atoms with E-state index in [0.717, 1.165) is 0 Å². The first-order valence-corrected chi connectivity index (χ1v) is 12.5. The van der Waals surface area contributed by atoms with Crippen LogP contribution in [-0.2, 0) is 13.9 Å². The van der Waals surface area contributed by atoms with Crippen LogP contribution in [0.3, 0.4) is 0 Å². The third kappa shape index (κ3) is 4.52. The van der Waals surface area contributed by atoms with Crippen molar-refractivity contribution in [1.82, 2.24) is 19.5 Å². The van der Waals surface area contributed by atoms with Crippen LogP contribution in [0.1, 0.15) is 47.8 Å². The molecule has 0 amide bonds. The first kappa shape index (κ1) is 23.1. The molecule has 4 atom stereocenters. The molecule has 2 aromatic rings. The summed E-state index contributed by atoms with van der Waals surface area (Å²) >= 11 is 0. The van der Waals surface area contributed by atoms with Gasteiger partial charge in [0.2, 0.25) is 0 Å². The topological polar surface area (TPSA) is 104 Å². The predicted octanol–water partition coefficient (Wildman–Crippen LogP) is 2.48. The Labute approximate surface area is 179 Å². The Morgan fingerprint density at radius 2 is 1.83 bits per heavy atom. The lowest BCUT2D eigenvalue weighted by atomic mass is 10.1. The van der Waals surface area contributed by atoms with E-state index in [1.165, 1.54) is 6.33 Å². The highest BCUT2D eigenvalue weighted by Gasteiger charge is 2.48. The Balaban J connectivity index is 1.94. The number of fused-ring (bicyclic) bond motifs is 1. The summed E-state index contributed by atoms with van der Waals surface area (Å²) in [5, 5.41) is 13.3. The van der Waals surface area contributed by atoms with Crippen LogP contribution in [0.25, 0.3) is 11.2 Å². The fraction of sp³-hybridized carbons (Fsp3) is 0.750. The lowest BCUT2D eigenvalue weighted by Gasteiger charge is -2.31. The second-order valence-corrected chi connectivity index (χ2v) is 12.7. The van der Waals surface area contributed by atoms with Gasteiger partial charge in [0, 0.05) is 13.2 Å². The van der Waals surface area contributed by atoms with Crippen LogP contribution in [0, 0.1) is 0 Å². The number of nitrogens with zero attached hydrogens (tertiary/aromatic N) is 4. The van der Waals surface area contributed by atoms with Crippen molar-refractivity contribution >= 4 is 26.0 Å². The Morgan fingerprint density at radius 1 is 1.13 bits per heavy atom. The van der Waals surface area contributed by atoms with Crippen LogP contribution in [0.2, 0.25) is 11.1 Å². The maximum atomic E-state index is 10.0. The molecule has 0 spiro atoms. The summed E-state index contributed by atoms with van der Waals surface area (Å²) < 4.78 is 20.5. The number of anilines is 1. The molecule has 2 aromatic heterocycles. The third-order valence-corrected chi connectivity index (χ3v) is 8.68. The summed E-state index contributed by atoms with van der Waals surface area (Å²) in [4.78, 5) is 13.3. The van der Waals surface area contributed by atoms with Crippen molar-refractivity contribution in [2.45, 2.75) is 83.2 Å². The van der Waals surface area contributed by atoms with Crippen molar-refractivity contribution in [3.8, 4) is 0 Å². The van der Waals surface area contributed by atoms with Crippen LogP contribution in [-0.4, -0.2) is 71.7 Å². The lowest BCUT2D eigenvalue weighted by Crippen LogP contribution is -2.43. The molecule has 1 fully saturated rings. The van der Waals surface area contributed by atoms with Crippen molar-refractivity contribution in [1.29, 1.82) is 0 Å². The summed E-state index contributed by atoms with van der Waals surface area (Å²) in [6.07, 6.45) is 1.50. The van der Waals surface area contributed by atoms with Gasteiger partial charge in [0.05, 0.1) is 12.9 Å². The molecule has 168 valence electrons. The summed E-state index contributed by atoms with van der Waals surface area (Å²) in [6, 6.07) is 0.216. The number of aromatic nitrogens is 4. The number of aliphatic hydroxyl groups excluding tert-OH is 1. The second kappa shape index (κ2) is 9.69. The zero-order valence-electron chi connectivity index (χ0n) is 18.9. The van der Waals surface area contributed by atoms with Gasteiger partial charge in [-0.1, -0.05) is 27.7 Å². The number of methoxy groups -OCH3 is 1. The van der Waals surface area contributed by atoms with E-state index in [1.54, 1.807) is 13.4 Å². The van der Waals surface area contributed by atoms with Crippen molar-refractivity contribution in [2.75, 3.05) is 19.0 Å². The number of aliphatic hydroxyl groups is 1. The van der Waals surface area contributed by atoms with Gasteiger partial charge in [0.1, 0.15) is 24.6 Å². The monoisotopic (exact) mass is 437 g/mol. The van der Waals surface area contributed by atoms with Crippen LogP contribution in [0.5, 0.6) is 0 Å². The van der Waals surface area contributed by atoms with Gasteiger partial charge in [0.15, 0.2) is 32.2 Å². The number of nitrogens with one attached hydrogen (secondary N) is 1. The molecule has 2 unspecified atom stereocenters. The molecule has 3 rings (SSSR count). The van der Waals surface area contributed by atoms with E-state index in [4.69, 9.17) is 13.9 Å². The van der Waals surface area contributed by atoms with Gasteiger partial charge < -0.3 is 24.3 Å². The molecule has 0 aromatic carbocycles. The molecular weight excluding hydrogens is 402 g/mol. The minimum Gasteiger partial charge on any atom is -0.411 e. The lowest BCUT2D eigenvalue weighted by molar-refractivity contribution is -0.0583. The highest BCUT2D eigenvalue weighted by molar-refractivity contribution is 6.55. The molecule has 1 aliphatic rings. The predicted molar refractivity (Wildman–Crippen MR) is 118 cm³/mol. The minimum atomic E-state index is -1.55. The SMILES string of the molecule is COC1C(O[SiH](C(C)C)C(C)C)[C@@H](CO)O[C@H]1n1cnc2c(NC(C)C)ncnc21. The number of hydrogen-bond donors (Lipinski definition) is 2. The fourth-order valence-corrected chi connectivity index (χ4v) is 7.04. The fourth-order valence-electron chi connectivity index (χ4n) is 4.18. The van der Waals surface area contributed by atoms with E-state index in [9.17, 15) is 5.11 Å². The standard InChI is InChI=1S/C20H35N5O4Si/c1-11(2)24-18-15-19(22-9-21-18)25(10-23-15)20-17(27-7)16(14(8-26)28-20)29-30(12(3)4)13(5)6/h9-14,16-17,20,26,30H,8H2,1-7H3,(H,21,22,24)/t14-,16?,17?,20-/m1/s1. The van der Waals surface area contributed by atoms with E-state index in [2.05, 4.69) is 48.0 Å². The van der Waals surface area contributed by atoms with E-state index in [0.29, 0.717) is 28.1 Å². The Kier molecular flexibility index (Phi) is 7.46. The van der Waals surface area contributed by atoms with Gasteiger partial charge in [-0.15, -0.1) is 0 Å². The highest BCUT2D eigenvalue weighted by atomic mass is 28.3. The van der Waals surface area contributed by atoms with E-state index in [1.807, 2.05) is 18.4 Å². The van der Waals surface area contributed by atoms with Gasteiger partial charge in [-0.25, -0.2) is 15.0 Å². The molecule has 0 radical (unpaired) electrons. The zero-order valence-corrected chi connectivity index (χ0v) is 20.1. The number of ether oxygens (including phenoxy) is 2. The molecule has 10 heteroatoms. The first-order valence-electron chi connectivity index (χ1n) is 10.7. The summed E-state index contributed by atoms with van der Waals surface area (Å²) in [5.74, 6) is 0.680. The minimum absolute atomic E-state index is 0.139. The second-order valence-electron chi connectivity index (χ2n) is 8.85. The maximum Gasteiger partial charge on any atom is 0.182 e. The van der Waals surface area contributed by atoms with E-state index >= 15 is 0 Å². The van der Waals surface area contributed by atoms with Crippen molar-refractivity contribution < 1.29 is 19.0 Å². The van der Waals surface area contributed by atoms with Gasteiger partial charge in [-0.3, -0.25) is 4.57 Å². The normalized spacial score (nSPS) is 24.8. The van der Waals surface area contributed by atoms with Crippen LogP contribution in [0.4, 0.5) is 5.82 Å². The van der Waals surface area contributed by atoms with Crippen LogP contribution in [0.15, 0.2) is 12.7 Å². The maximum absolute atomic E-state index is 10.0. The third-order valence-electron chi connectivity index (χ3n) is 5.42. The molecule has 1 saturated heterocycles. The number of hydrogen-bond acceptors (Lipinski definition) is 8. The molecule has 2 N–H and O–H groups in total. The highest BCUT2D eigenvalue weighted by Crippen LogP contribution is 2.37. The smallest absolute Gasteiger partial charge is 0.182 e. The molecule has 9 nitrogen and oxygen atoms in total. The largest absolute Gasteiger partial charge is 0.411 e. The van der Waals surface area contributed by atoms with E-state index < -0.39 is 21.4 Å². The molecule has 30 heavy (non-hydrogen) atoms. The molecule has 0 saturated carbocycles. The molecular formula is C20H35N5O4Si. The Morgan fingerprint density at radius 3 is 2.40 bits per heavy atom. The van der Waals surface area contributed by atoms with Gasteiger partial charge in [-0.05, 0) is 24.9 Å². The number of imidazole rings is 1. The van der Waals surface area contributed by atoms with Crippen molar-refractivity contribution in [2.24, 2.45) is 0 Å². The van der Waals surface area contributed by atoms with Crippen molar-refractivity contribution in [3.05, 3.63) is 12.7 Å². The molecule has 0 aliphatic carbocycles.